The third kappa shape index (κ3) is 4.37. The maximum atomic E-state index is 14.0. The highest BCUT2D eigenvalue weighted by atomic mass is 19.1. The Morgan fingerprint density at radius 3 is 2.38 bits per heavy atom. The zero-order valence-corrected chi connectivity index (χ0v) is 15.6. The van der Waals surface area contributed by atoms with Gasteiger partial charge in [-0.05, 0) is 73.1 Å². The van der Waals surface area contributed by atoms with Gasteiger partial charge in [0.05, 0.1) is 5.56 Å². The molecule has 1 N–H and O–H groups in total. The SMILES string of the molecule is CCC(C)=C(C)c1cc(C(=O)O)ccc1C(C)Cc1ccc(F)cc1F. The first-order valence-corrected chi connectivity index (χ1v) is 8.72. The fourth-order valence-corrected chi connectivity index (χ4v) is 3.07. The van der Waals surface area contributed by atoms with Gasteiger partial charge in [-0.15, -0.1) is 0 Å². The van der Waals surface area contributed by atoms with Crippen LogP contribution in [0.1, 0.15) is 67.1 Å². The average Bonchev–Trinajstić information content (AvgIpc) is 2.62. The molecule has 2 nitrogen and oxygen atoms in total. The van der Waals surface area contributed by atoms with Gasteiger partial charge in [0.2, 0.25) is 0 Å². The molecule has 0 saturated carbocycles. The molecule has 0 amide bonds. The van der Waals surface area contributed by atoms with E-state index < -0.39 is 17.6 Å². The number of carboxylic acid groups (broad SMARTS) is 1. The standard InChI is InChI=1S/C22H24F2O2/c1-5-13(2)15(4)20-11-17(22(25)26)7-9-19(20)14(3)10-16-6-8-18(23)12-21(16)24/h6-9,11-12,14H,5,10H2,1-4H3,(H,25,26). The van der Waals surface area contributed by atoms with E-state index in [0.29, 0.717) is 12.0 Å². The molecule has 2 aromatic carbocycles. The minimum atomic E-state index is -0.975. The molecule has 0 radical (unpaired) electrons. The highest BCUT2D eigenvalue weighted by Gasteiger charge is 2.17. The fourth-order valence-electron chi connectivity index (χ4n) is 3.07. The summed E-state index contributed by atoms with van der Waals surface area (Å²) >= 11 is 0. The minimum Gasteiger partial charge on any atom is -0.478 e. The van der Waals surface area contributed by atoms with Gasteiger partial charge in [0, 0.05) is 6.07 Å². The summed E-state index contributed by atoms with van der Waals surface area (Å²) in [6.45, 7) is 8.03. The molecule has 2 rings (SSSR count). The minimum absolute atomic E-state index is 0.0487. The van der Waals surface area contributed by atoms with Crippen molar-refractivity contribution in [3.05, 3.63) is 75.9 Å². The van der Waals surface area contributed by atoms with E-state index in [0.717, 1.165) is 29.2 Å². The molecule has 138 valence electrons. The number of hydrogen-bond donors (Lipinski definition) is 1. The summed E-state index contributed by atoms with van der Waals surface area (Å²) in [6.07, 6.45) is 1.27. The molecule has 1 atom stereocenters. The van der Waals surface area contributed by atoms with E-state index in [1.54, 1.807) is 18.2 Å². The molecule has 0 aliphatic rings. The normalized spacial score (nSPS) is 13.3. The predicted octanol–water partition coefficient (Wildman–Crippen LogP) is 6.21. The smallest absolute Gasteiger partial charge is 0.335 e. The summed E-state index contributed by atoms with van der Waals surface area (Å²) in [5, 5.41) is 9.31. The number of carboxylic acids is 1. The number of hydrogen-bond acceptors (Lipinski definition) is 1. The number of halogens is 2. The van der Waals surface area contributed by atoms with Crippen LogP contribution in [0.3, 0.4) is 0 Å². The van der Waals surface area contributed by atoms with E-state index in [-0.39, 0.29) is 11.5 Å². The molecule has 0 fully saturated rings. The molecule has 2 aromatic rings. The van der Waals surface area contributed by atoms with Crippen molar-refractivity contribution in [2.75, 3.05) is 0 Å². The van der Waals surface area contributed by atoms with Crippen molar-refractivity contribution in [3.63, 3.8) is 0 Å². The summed E-state index contributed by atoms with van der Waals surface area (Å²) in [5.41, 5.74) is 4.72. The maximum Gasteiger partial charge on any atom is 0.335 e. The van der Waals surface area contributed by atoms with E-state index in [9.17, 15) is 18.7 Å². The molecular formula is C22H24F2O2. The van der Waals surface area contributed by atoms with Crippen LogP contribution in [0.25, 0.3) is 5.57 Å². The molecular weight excluding hydrogens is 334 g/mol. The number of benzene rings is 2. The highest BCUT2D eigenvalue weighted by molar-refractivity contribution is 5.89. The first kappa shape index (κ1) is 19.8. The molecule has 0 saturated heterocycles. The number of allylic oxidation sites excluding steroid dienone is 2. The third-order valence-electron chi connectivity index (χ3n) is 4.95. The zero-order valence-electron chi connectivity index (χ0n) is 15.6. The van der Waals surface area contributed by atoms with E-state index in [1.165, 1.54) is 17.7 Å². The molecule has 0 spiro atoms. The largest absolute Gasteiger partial charge is 0.478 e. The molecule has 26 heavy (non-hydrogen) atoms. The summed E-state index contributed by atoms with van der Waals surface area (Å²) in [7, 11) is 0. The molecule has 4 heteroatoms. The van der Waals surface area contributed by atoms with Gasteiger partial charge < -0.3 is 5.11 Å². The zero-order chi connectivity index (χ0) is 19.4. The van der Waals surface area contributed by atoms with Crippen LogP contribution in [0.15, 0.2) is 42.0 Å². The molecule has 1 unspecified atom stereocenters. The van der Waals surface area contributed by atoms with E-state index in [1.807, 2.05) is 20.8 Å². The molecule has 0 heterocycles. The Balaban J connectivity index is 2.48. The summed E-state index contributed by atoms with van der Waals surface area (Å²) < 4.78 is 27.1. The lowest BCUT2D eigenvalue weighted by Gasteiger charge is -2.19. The Morgan fingerprint density at radius 2 is 1.81 bits per heavy atom. The summed E-state index contributed by atoms with van der Waals surface area (Å²) in [6, 6.07) is 8.68. The van der Waals surface area contributed by atoms with E-state index >= 15 is 0 Å². The number of carbonyl (C=O) groups is 1. The predicted molar refractivity (Wildman–Crippen MR) is 100 cm³/mol. The van der Waals surface area contributed by atoms with Crippen LogP contribution in [-0.2, 0) is 6.42 Å². The lowest BCUT2D eigenvalue weighted by atomic mass is 9.85. The van der Waals surface area contributed by atoms with Crippen molar-refractivity contribution in [1.29, 1.82) is 0 Å². The average molecular weight is 358 g/mol. The van der Waals surface area contributed by atoms with Crippen molar-refractivity contribution in [1.82, 2.24) is 0 Å². The van der Waals surface area contributed by atoms with Crippen LogP contribution < -0.4 is 0 Å². The second-order valence-electron chi connectivity index (χ2n) is 6.71. The van der Waals surface area contributed by atoms with E-state index in [2.05, 4.69) is 6.92 Å². The van der Waals surface area contributed by atoms with Crippen LogP contribution in [0.4, 0.5) is 8.78 Å². The van der Waals surface area contributed by atoms with Crippen LogP contribution in [0.5, 0.6) is 0 Å². The number of rotatable bonds is 6. The van der Waals surface area contributed by atoms with Gasteiger partial charge in [0.25, 0.3) is 0 Å². The fraction of sp³-hybridized carbons (Fsp3) is 0.318. The maximum absolute atomic E-state index is 14.0. The van der Waals surface area contributed by atoms with Crippen molar-refractivity contribution in [3.8, 4) is 0 Å². The Morgan fingerprint density at radius 1 is 1.12 bits per heavy atom. The molecule has 0 aliphatic carbocycles. The topological polar surface area (TPSA) is 37.3 Å². The Hall–Kier alpha value is -2.49. The van der Waals surface area contributed by atoms with Crippen molar-refractivity contribution in [2.24, 2.45) is 0 Å². The van der Waals surface area contributed by atoms with Crippen molar-refractivity contribution >= 4 is 11.5 Å². The van der Waals surface area contributed by atoms with Crippen LogP contribution >= 0.6 is 0 Å². The first-order chi connectivity index (χ1) is 12.2. The monoisotopic (exact) mass is 358 g/mol. The first-order valence-electron chi connectivity index (χ1n) is 8.72. The summed E-state index contributed by atoms with van der Waals surface area (Å²) in [5.74, 6) is -2.18. The Labute approximate surface area is 153 Å². The van der Waals surface area contributed by atoms with Crippen LogP contribution in [-0.4, -0.2) is 11.1 Å². The third-order valence-corrected chi connectivity index (χ3v) is 4.95. The van der Waals surface area contributed by atoms with Crippen LogP contribution in [0.2, 0.25) is 0 Å². The number of aromatic carboxylic acids is 1. The van der Waals surface area contributed by atoms with Gasteiger partial charge in [-0.1, -0.05) is 31.6 Å². The molecule has 0 aromatic heterocycles. The van der Waals surface area contributed by atoms with Gasteiger partial charge in [0.1, 0.15) is 11.6 Å². The van der Waals surface area contributed by atoms with Gasteiger partial charge in [0.15, 0.2) is 0 Å². The Bertz CT molecular complexity index is 853. The van der Waals surface area contributed by atoms with E-state index in [4.69, 9.17) is 0 Å². The quantitative estimate of drug-likeness (QED) is 0.666. The van der Waals surface area contributed by atoms with Crippen molar-refractivity contribution < 1.29 is 18.7 Å². The van der Waals surface area contributed by atoms with Gasteiger partial charge in [-0.25, -0.2) is 13.6 Å². The molecule has 0 aliphatic heterocycles. The highest BCUT2D eigenvalue weighted by Crippen LogP contribution is 2.32. The van der Waals surface area contributed by atoms with Gasteiger partial charge in [-0.3, -0.25) is 0 Å². The van der Waals surface area contributed by atoms with Gasteiger partial charge in [-0.2, -0.15) is 0 Å². The lowest BCUT2D eigenvalue weighted by Crippen LogP contribution is -2.07. The lowest BCUT2D eigenvalue weighted by molar-refractivity contribution is 0.0697. The molecule has 0 bridgehead atoms. The van der Waals surface area contributed by atoms with Gasteiger partial charge >= 0.3 is 5.97 Å². The Kier molecular flexibility index (Phi) is 6.30. The second kappa shape index (κ2) is 8.26. The summed E-state index contributed by atoms with van der Waals surface area (Å²) in [4.78, 5) is 11.4. The second-order valence-corrected chi connectivity index (χ2v) is 6.71. The van der Waals surface area contributed by atoms with Crippen LogP contribution in [0, 0.1) is 11.6 Å². The van der Waals surface area contributed by atoms with Crippen molar-refractivity contribution in [2.45, 2.75) is 46.5 Å².